The van der Waals surface area contributed by atoms with Gasteiger partial charge < -0.3 is 5.11 Å². The Morgan fingerprint density at radius 3 is 2.36 bits per heavy atom. The number of aromatic nitrogens is 2. The summed E-state index contributed by atoms with van der Waals surface area (Å²) in [5.41, 5.74) is 1.91. The first kappa shape index (κ1) is 21.4. The first-order valence-electron chi connectivity index (χ1n) is 8.54. The smallest absolute Gasteiger partial charge is 0.155 e. The van der Waals surface area contributed by atoms with Gasteiger partial charge in [-0.3, -0.25) is 14.8 Å². The van der Waals surface area contributed by atoms with Crippen molar-refractivity contribution in [1.29, 1.82) is 0 Å². The molecule has 5 heteroatoms. The quantitative estimate of drug-likeness (QED) is 0.161. The van der Waals surface area contributed by atoms with Crippen LogP contribution < -0.4 is 0 Å². The van der Waals surface area contributed by atoms with Crippen LogP contribution in [0, 0.1) is 6.07 Å². The molecular formula is C23H19IrN2O2-. The standard InChI is InChI=1S/C18H11N2.C5H8O2.Ir/c1-2-7-14(8-3-1)18-19-12-15-11-10-13-6-4-5-9-16(13)17(15)20-18;1-4(6)3-5(2)7;/h1-7,9-12H;3,6H,1-2H3;/q-1;;/b;4-3-;. The summed E-state index contributed by atoms with van der Waals surface area (Å²) in [7, 11) is 0. The van der Waals surface area contributed by atoms with Crippen molar-refractivity contribution in [1.82, 2.24) is 9.97 Å². The van der Waals surface area contributed by atoms with E-state index in [-0.39, 0.29) is 31.6 Å². The van der Waals surface area contributed by atoms with Crippen LogP contribution in [0.5, 0.6) is 0 Å². The number of hydrogen-bond donors (Lipinski definition) is 1. The van der Waals surface area contributed by atoms with Crippen LogP contribution in [-0.2, 0) is 24.9 Å². The third kappa shape index (κ3) is 5.32. The number of ketones is 1. The van der Waals surface area contributed by atoms with Gasteiger partial charge in [-0.2, -0.15) is 0 Å². The minimum Gasteiger partial charge on any atom is -0.512 e. The molecule has 0 aliphatic rings. The Morgan fingerprint density at radius 2 is 1.71 bits per heavy atom. The number of hydrogen-bond acceptors (Lipinski definition) is 4. The predicted octanol–water partition coefficient (Wildman–Crippen LogP) is 5.28. The first-order valence-corrected chi connectivity index (χ1v) is 8.54. The number of aliphatic hydroxyl groups excluding tert-OH is 1. The minimum absolute atomic E-state index is 0. The van der Waals surface area contributed by atoms with Crippen molar-refractivity contribution in [2.75, 3.05) is 0 Å². The average molecular weight is 548 g/mol. The number of nitrogens with zero attached hydrogens (tertiary/aromatic N) is 2. The number of benzene rings is 3. The molecule has 0 bridgehead atoms. The molecule has 0 spiro atoms. The van der Waals surface area contributed by atoms with Gasteiger partial charge in [-0.05, 0) is 19.2 Å². The largest absolute Gasteiger partial charge is 0.512 e. The molecule has 0 aliphatic heterocycles. The molecule has 4 rings (SSSR count). The SMILES string of the molecule is CC(=O)/C=C(/C)O.[Ir].[c-]1ccccc1-c1ncc2ccc3ccccc3c2n1. The van der Waals surface area contributed by atoms with E-state index in [2.05, 4.69) is 35.3 Å². The Bertz CT molecular complexity index is 1120. The summed E-state index contributed by atoms with van der Waals surface area (Å²) < 4.78 is 0. The normalized spacial score (nSPS) is 10.7. The second-order valence-corrected chi connectivity index (χ2v) is 6.09. The maximum Gasteiger partial charge on any atom is 0.155 e. The molecular weight excluding hydrogens is 528 g/mol. The van der Waals surface area contributed by atoms with Crippen LogP contribution in [0.3, 0.4) is 0 Å². The van der Waals surface area contributed by atoms with Gasteiger partial charge in [0, 0.05) is 43.2 Å². The summed E-state index contributed by atoms with van der Waals surface area (Å²) >= 11 is 0. The zero-order valence-electron chi connectivity index (χ0n) is 15.5. The minimum atomic E-state index is -0.125. The molecule has 0 saturated heterocycles. The van der Waals surface area contributed by atoms with Crippen LogP contribution in [-0.4, -0.2) is 20.9 Å². The van der Waals surface area contributed by atoms with E-state index in [1.165, 1.54) is 25.3 Å². The Hall–Kier alpha value is -2.88. The van der Waals surface area contributed by atoms with Crippen molar-refractivity contribution in [2.45, 2.75) is 13.8 Å². The molecule has 0 aliphatic carbocycles. The molecule has 3 aromatic carbocycles. The third-order valence-electron chi connectivity index (χ3n) is 3.84. The van der Waals surface area contributed by atoms with Crippen molar-refractivity contribution in [3.8, 4) is 11.4 Å². The number of carbonyl (C=O) groups excluding carboxylic acids is 1. The molecule has 1 radical (unpaired) electrons. The zero-order chi connectivity index (χ0) is 19.2. The van der Waals surface area contributed by atoms with E-state index in [4.69, 9.17) is 10.1 Å². The van der Waals surface area contributed by atoms with Crippen LogP contribution >= 0.6 is 0 Å². The molecule has 1 aromatic heterocycles. The van der Waals surface area contributed by atoms with Gasteiger partial charge in [0.15, 0.2) is 5.78 Å². The second-order valence-electron chi connectivity index (χ2n) is 6.09. The van der Waals surface area contributed by atoms with E-state index < -0.39 is 0 Å². The maximum absolute atomic E-state index is 10.0. The molecule has 0 atom stereocenters. The molecule has 0 amide bonds. The van der Waals surface area contributed by atoms with Crippen molar-refractivity contribution < 1.29 is 30.0 Å². The van der Waals surface area contributed by atoms with Gasteiger partial charge in [0.05, 0.1) is 17.1 Å². The molecule has 143 valence electrons. The fraction of sp³-hybridized carbons (Fsp3) is 0.0870. The van der Waals surface area contributed by atoms with Gasteiger partial charge in [0.2, 0.25) is 0 Å². The third-order valence-corrected chi connectivity index (χ3v) is 3.84. The van der Waals surface area contributed by atoms with E-state index in [9.17, 15) is 4.79 Å². The fourth-order valence-corrected chi connectivity index (χ4v) is 2.72. The number of fused-ring (bicyclic) bond motifs is 3. The van der Waals surface area contributed by atoms with Crippen LogP contribution in [0.25, 0.3) is 33.1 Å². The van der Waals surface area contributed by atoms with Crippen molar-refractivity contribution in [3.63, 3.8) is 0 Å². The zero-order valence-corrected chi connectivity index (χ0v) is 17.9. The summed E-state index contributed by atoms with van der Waals surface area (Å²) in [6.07, 6.45) is 3.05. The molecule has 0 saturated carbocycles. The fourth-order valence-electron chi connectivity index (χ4n) is 2.72. The van der Waals surface area contributed by atoms with Crippen LogP contribution in [0.2, 0.25) is 0 Å². The van der Waals surface area contributed by atoms with Gasteiger partial charge in [-0.15, -0.1) is 35.9 Å². The van der Waals surface area contributed by atoms with Crippen LogP contribution in [0.4, 0.5) is 0 Å². The number of aliphatic hydroxyl groups is 1. The van der Waals surface area contributed by atoms with Crippen LogP contribution in [0.15, 0.2) is 78.7 Å². The summed E-state index contributed by atoms with van der Waals surface area (Å²) in [5.74, 6) is 0.655. The Labute approximate surface area is 177 Å². The van der Waals surface area contributed by atoms with E-state index in [0.29, 0.717) is 0 Å². The number of rotatable bonds is 2. The summed E-state index contributed by atoms with van der Waals surface area (Å²) in [4.78, 5) is 19.2. The summed E-state index contributed by atoms with van der Waals surface area (Å²) in [6.45, 7) is 2.85. The molecule has 0 unspecified atom stereocenters. The van der Waals surface area contributed by atoms with Gasteiger partial charge >= 0.3 is 0 Å². The first-order chi connectivity index (χ1) is 13.0. The molecule has 28 heavy (non-hydrogen) atoms. The Morgan fingerprint density at radius 1 is 1.00 bits per heavy atom. The van der Waals surface area contributed by atoms with Gasteiger partial charge in [-0.1, -0.05) is 36.4 Å². The molecule has 0 fully saturated rings. The van der Waals surface area contributed by atoms with Gasteiger partial charge in [0.25, 0.3) is 0 Å². The number of carbonyl (C=O) groups is 1. The summed E-state index contributed by atoms with van der Waals surface area (Å²) in [5, 5.41) is 11.8. The Kier molecular flexibility index (Phi) is 7.56. The molecule has 4 aromatic rings. The van der Waals surface area contributed by atoms with E-state index >= 15 is 0 Å². The van der Waals surface area contributed by atoms with Crippen molar-refractivity contribution in [2.24, 2.45) is 0 Å². The maximum atomic E-state index is 10.0. The van der Waals surface area contributed by atoms with Crippen molar-refractivity contribution in [3.05, 3.63) is 84.8 Å². The average Bonchev–Trinajstić information content (AvgIpc) is 2.67. The summed E-state index contributed by atoms with van der Waals surface area (Å²) in [6, 6.07) is 23.4. The van der Waals surface area contributed by atoms with Crippen LogP contribution in [0.1, 0.15) is 13.8 Å². The monoisotopic (exact) mass is 548 g/mol. The molecule has 4 nitrogen and oxygen atoms in total. The van der Waals surface area contributed by atoms with E-state index in [1.54, 1.807) is 0 Å². The topological polar surface area (TPSA) is 63.1 Å². The molecule has 1 heterocycles. The van der Waals surface area contributed by atoms with Gasteiger partial charge in [-0.25, -0.2) is 0 Å². The van der Waals surface area contributed by atoms with Gasteiger partial charge in [0.1, 0.15) is 0 Å². The van der Waals surface area contributed by atoms with Crippen molar-refractivity contribution >= 4 is 27.5 Å². The van der Waals surface area contributed by atoms with E-state index in [0.717, 1.165) is 27.7 Å². The second kappa shape index (κ2) is 9.88. The van der Waals surface area contributed by atoms with E-state index in [1.807, 2.05) is 42.6 Å². The Balaban J connectivity index is 0.000000306. The number of allylic oxidation sites excluding steroid dienone is 2. The molecule has 1 N–H and O–H groups in total. The predicted molar refractivity (Wildman–Crippen MR) is 108 cm³/mol.